The third kappa shape index (κ3) is 19.9. The first-order valence-corrected chi connectivity index (χ1v) is 15.9. The highest BCUT2D eigenvalue weighted by atomic mass is 16.5. The summed E-state index contributed by atoms with van der Waals surface area (Å²) in [6.45, 7) is 12.6. The minimum Gasteiger partial charge on any atom is -0.480 e. The van der Waals surface area contributed by atoms with Gasteiger partial charge in [0.05, 0.1) is 43.9 Å². The second-order valence-electron chi connectivity index (χ2n) is 12.9. The number of nitrogens with two attached hydrogens (primary N) is 1. The molecule has 7 N–H and O–H groups in total. The van der Waals surface area contributed by atoms with E-state index in [0.717, 1.165) is 0 Å². The number of urea groups is 1. The highest BCUT2D eigenvalue weighted by Crippen LogP contribution is 2.18. The smallest absolute Gasteiger partial charge is 0.317 e. The summed E-state index contributed by atoms with van der Waals surface area (Å²) in [6.07, 6.45) is 2.01. The number of carboxylic acid groups (broad SMARTS) is 1. The van der Waals surface area contributed by atoms with E-state index in [-0.39, 0.29) is 62.7 Å². The van der Waals surface area contributed by atoms with Crippen LogP contribution in [0.4, 0.5) is 4.79 Å². The third-order valence-electron chi connectivity index (χ3n) is 7.28. The van der Waals surface area contributed by atoms with Crippen LogP contribution in [0.25, 0.3) is 0 Å². The van der Waals surface area contributed by atoms with Crippen LogP contribution in [0, 0.1) is 0 Å². The Bertz CT molecular complexity index is 1020. The maximum Gasteiger partial charge on any atom is 0.317 e. The first-order chi connectivity index (χ1) is 21.5. The summed E-state index contributed by atoms with van der Waals surface area (Å²) in [7, 11) is 0. The Labute approximate surface area is 272 Å². The van der Waals surface area contributed by atoms with E-state index < -0.39 is 23.1 Å². The number of ether oxygens (including phenoxy) is 1. The van der Waals surface area contributed by atoms with Crippen molar-refractivity contribution in [2.24, 2.45) is 5.73 Å². The Morgan fingerprint density at radius 3 is 1.74 bits per heavy atom. The van der Waals surface area contributed by atoms with Crippen LogP contribution in [0.1, 0.15) is 60.3 Å². The lowest BCUT2D eigenvalue weighted by Crippen LogP contribution is -2.52. The van der Waals surface area contributed by atoms with Gasteiger partial charge in [0.1, 0.15) is 5.78 Å². The second kappa shape index (κ2) is 20.7. The highest BCUT2D eigenvalue weighted by Gasteiger charge is 2.29. The van der Waals surface area contributed by atoms with Gasteiger partial charge in [-0.25, -0.2) is 4.79 Å². The standard InChI is InChI=1S/C30H56N8O8/c1-6-23(39)17-30(4,5)46-22-29(2,3)35-26(42)20-37-12-11-36(13-15-38(16-14-37)21-27(43)44)19-25(41)34-18-24(40)32-9-7-8-10-33-28(31)45/h6-22H2,1-5H3,(H,32,40)(H,34,41)(H,35,42)(H,43,44)(H3,31,33,45). The zero-order valence-corrected chi connectivity index (χ0v) is 28.2. The lowest BCUT2D eigenvalue weighted by molar-refractivity contribution is -0.138. The molecule has 1 rings (SSSR count). The molecule has 1 saturated heterocycles. The van der Waals surface area contributed by atoms with Gasteiger partial charge in [-0.2, -0.15) is 0 Å². The predicted octanol–water partition coefficient (Wildman–Crippen LogP) is -1.27. The van der Waals surface area contributed by atoms with Gasteiger partial charge in [0.2, 0.25) is 17.7 Å². The summed E-state index contributed by atoms with van der Waals surface area (Å²) >= 11 is 0. The molecule has 0 saturated carbocycles. The summed E-state index contributed by atoms with van der Waals surface area (Å²) in [6, 6.07) is -0.598. The molecule has 0 aromatic carbocycles. The van der Waals surface area contributed by atoms with Gasteiger partial charge in [0.15, 0.2) is 0 Å². The van der Waals surface area contributed by atoms with Crippen LogP contribution in [0.5, 0.6) is 0 Å². The van der Waals surface area contributed by atoms with Gasteiger partial charge in [0, 0.05) is 65.2 Å². The number of aliphatic carboxylic acids is 1. The molecule has 0 radical (unpaired) electrons. The SMILES string of the molecule is CCC(=O)CC(C)(C)OCC(C)(C)NC(=O)CN1CCN(CC(=O)O)CCN(CC(=O)NCC(=O)NCCCCNC(N)=O)CC1. The summed E-state index contributed by atoms with van der Waals surface area (Å²) in [5, 5.41) is 20.2. The van der Waals surface area contributed by atoms with Crippen molar-refractivity contribution in [2.45, 2.75) is 71.4 Å². The molecule has 0 atom stereocenters. The summed E-state index contributed by atoms with van der Waals surface area (Å²) < 4.78 is 5.99. The first-order valence-electron chi connectivity index (χ1n) is 15.9. The first kappa shape index (κ1) is 40.7. The number of primary amides is 1. The molecule has 1 fully saturated rings. The molecule has 0 unspecified atom stereocenters. The number of nitrogens with one attached hydrogen (secondary N) is 4. The van der Waals surface area contributed by atoms with Gasteiger partial charge in [-0.15, -0.1) is 0 Å². The lowest BCUT2D eigenvalue weighted by atomic mass is 9.99. The highest BCUT2D eigenvalue weighted by molar-refractivity contribution is 5.85. The van der Waals surface area contributed by atoms with Crippen LogP contribution in [0.3, 0.4) is 0 Å². The summed E-state index contributed by atoms with van der Waals surface area (Å²) in [5.41, 5.74) is 3.65. The van der Waals surface area contributed by atoms with Gasteiger partial charge in [-0.1, -0.05) is 6.92 Å². The Morgan fingerprint density at radius 1 is 0.739 bits per heavy atom. The van der Waals surface area contributed by atoms with Gasteiger partial charge >= 0.3 is 12.0 Å². The van der Waals surface area contributed by atoms with E-state index in [0.29, 0.717) is 71.6 Å². The number of hydrogen-bond acceptors (Lipinski definition) is 10. The molecule has 1 aliphatic rings. The van der Waals surface area contributed by atoms with Gasteiger partial charge < -0.3 is 36.8 Å². The number of hydrogen-bond donors (Lipinski definition) is 6. The Hall–Kier alpha value is -3.34. The summed E-state index contributed by atoms with van der Waals surface area (Å²) in [5.74, 6) is -1.77. The number of nitrogens with zero attached hydrogens (tertiary/aromatic N) is 3. The number of rotatable bonds is 20. The van der Waals surface area contributed by atoms with Crippen LogP contribution in [0.2, 0.25) is 0 Å². The fourth-order valence-electron chi connectivity index (χ4n) is 4.72. The minimum atomic E-state index is -0.965. The second-order valence-corrected chi connectivity index (χ2v) is 12.9. The normalized spacial score (nSPS) is 15.6. The Kier molecular flexibility index (Phi) is 18.3. The topological polar surface area (TPSA) is 216 Å². The fourth-order valence-corrected chi connectivity index (χ4v) is 4.72. The molecular weight excluding hydrogens is 600 g/mol. The number of carbonyl (C=O) groups is 6. The van der Waals surface area contributed by atoms with E-state index in [1.54, 1.807) is 4.90 Å². The Balaban J connectivity index is 2.65. The molecule has 16 nitrogen and oxygen atoms in total. The Morgan fingerprint density at radius 2 is 1.24 bits per heavy atom. The van der Waals surface area contributed by atoms with E-state index >= 15 is 0 Å². The third-order valence-corrected chi connectivity index (χ3v) is 7.28. The van der Waals surface area contributed by atoms with Crippen LogP contribution >= 0.6 is 0 Å². The van der Waals surface area contributed by atoms with E-state index in [9.17, 15) is 33.9 Å². The van der Waals surface area contributed by atoms with Crippen molar-refractivity contribution in [3.8, 4) is 0 Å². The molecule has 16 heteroatoms. The molecular formula is C30H56N8O8. The van der Waals surface area contributed by atoms with Crippen LogP contribution in [0.15, 0.2) is 0 Å². The van der Waals surface area contributed by atoms with Crippen molar-refractivity contribution in [3.05, 3.63) is 0 Å². The van der Waals surface area contributed by atoms with Crippen molar-refractivity contribution in [1.29, 1.82) is 0 Å². The van der Waals surface area contributed by atoms with Gasteiger partial charge in [-0.3, -0.25) is 38.7 Å². The quantitative estimate of drug-likeness (QED) is 0.0850. The largest absolute Gasteiger partial charge is 0.480 e. The van der Waals surface area contributed by atoms with Crippen molar-refractivity contribution >= 4 is 35.5 Å². The van der Waals surface area contributed by atoms with Crippen molar-refractivity contribution < 1.29 is 38.6 Å². The molecule has 46 heavy (non-hydrogen) atoms. The van der Waals surface area contributed by atoms with Crippen molar-refractivity contribution in [2.75, 3.05) is 85.1 Å². The zero-order chi connectivity index (χ0) is 34.8. The van der Waals surface area contributed by atoms with Gasteiger partial charge in [-0.05, 0) is 40.5 Å². The molecule has 0 aromatic rings. The number of Topliss-reactive ketones (excluding diaryl/α,β-unsaturated/α-hetero) is 1. The fraction of sp³-hybridized carbons (Fsp3) is 0.800. The molecule has 5 amide bonds. The van der Waals surface area contributed by atoms with E-state index in [1.807, 2.05) is 44.4 Å². The molecule has 0 spiro atoms. The van der Waals surface area contributed by atoms with Gasteiger partial charge in [0.25, 0.3) is 0 Å². The molecule has 0 aromatic heterocycles. The average Bonchev–Trinajstić information content (AvgIpc) is 3.03. The number of unbranched alkanes of at least 4 members (excludes halogenated alkanes) is 1. The molecule has 1 heterocycles. The monoisotopic (exact) mass is 656 g/mol. The number of ketones is 1. The van der Waals surface area contributed by atoms with E-state index in [2.05, 4.69) is 21.3 Å². The maximum absolute atomic E-state index is 13.1. The maximum atomic E-state index is 13.1. The average molecular weight is 657 g/mol. The number of carbonyl (C=O) groups excluding carboxylic acids is 5. The van der Waals surface area contributed by atoms with Crippen LogP contribution < -0.4 is 27.0 Å². The van der Waals surface area contributed by atoms with Crippen LogP contribution in [-0.4, -0.2) is 152 Å². The molecule has 264 valence electrons. The zero-order valence-electron chi connectivity index (χ0n) is 28.2. The molecule has 0 bridgehead atoms. The number of carboxylic acids is 1. The van der Waals surface area contributed by atoms with Crippen molar-refractivity contribution in [1.82, 2.24) is 36.0 Å². The lowest BCUT2D eigenvalue weighted by Gasteiger charge is -2.33. The summed E-state index contributed by atoms with van der Waals surface area (Å²) in [4.78, 5) is 77.4. The molecule has 0 aliphatic carbocycles. The van der Waals surface area contributed by atoms with Crippen LogP contribution in [-0.2, 0) is 28.7 Å². The number of amides is 5. The van der Waals surface area contributed by atoms with E-state index in [1.165, 1.54) is 0 Å². The molecule has 1 aliphatic heterocycles. The van der Waals surface area contributed by atoms with Crippen molar-refractivity contribution in [3.63, 3.8) is 0 Å². The predicted molar refractivity (Wildman–Crippen MR) is 172 cm³/mol. The van der Waals surface area contributed by atoms with E-state index in [4.69, 9.17) is 10.5 Å². The minimum absolute atomic E-state index is 0.00764.